The highest BCUT2D eigenvalue weighted by molar-refractivity contribution is 5.53. The molecule has 1 aromatic carbocycles. The minimum atomic E-state index is -1.60. The van der Waals surface area contributed by atoms with Crippen LogP contribution >= 0.6 is 0 Å². The Hall–Kier alpha value is -1.78. The number of phenols is 1. The molecule has 2 aliphatic carbocycles. The van der Waals surface area contributed by atoms with Gasteiger partial charge in [-0.3, -0.25) is 0 Å². The van der Waals surface area contributed by atoms with Crippen molar-refractivity contribution in [3.8, 4) is 17.2 Å². The standard InChI is InChI=1S/C28H44O13/c1-36-18-6-14(7-19(37-2)23(18)31)22-16-9-28(35,39-4)21(38-3)8-13(16)5-15(10-29)17(22)12-40-27-26(34)25(33)24(32)20(11-30)41-27/h6-7,13,15-17,20-22,24-27,29-35H,5,8-12H2,1-4H3/t13?,15-,16?,17-,20-,21?,22-,24-,25+,26-,27-,28?/m1/s1. The van der Waals surface area contributed by atoms with Crippen molar-refractivity contribution in [2.75, 3.05) is 48.3 Å². The summed E-state index contributed by atoms with van der Waals surface area (Å²) < 4.78 is 33.6. The van der Waals surface area contributed by atoms with Gasteiger partial charge >= 0.3 is 0 Å². The first-order valence-corrected chi connectivity index (χ1v) is 13.8. The SMILES string of the molecule is COc1cc([C@@H]2C3CC(O)(OC)C(OC)CC3C[C@H](CO)[C@H]2CO[C@@H]2O[C@H](CO)[C@@H](O)[C@H](O)[C@H]2O)cc(OC)c1O. The minimum absolute atomic E-state index is 0.0202. The fourth-order valence-electron chi connectivity index (χ4n) is 7.09. The van der Waals surface area contributed by atoms with Gasteiger partial charge in [0.1, 0.15) is 30.5 Å². The van der Waals surface area contributed by atoms with Crippen LogP contribution in [0.4, 0.5) is 0 Å². The molecule has 1 heterocycles. The molecule has 41 heavy (non-hydrogen) atoms. The molecular formula is C28H44O13. The van der Waals surface area contributed by atoms with Gasteiger partial charge in [-0.15, -0.1) is 0 Å². The second-order valence-corrected chi connectivity index (χ2v) is 11.3. The van der Waals surface area contributed by atoms with Gasteiger partial charge in [-0.1, -0.05) is 0 Å². The molecule has 1 saturated heterocycles. The summed E-state index contributed by atoms with van der Waals surface area (Å²) in [6.07, 6.45) is -6.51. The number of rotatable bonds is 10. The normalized spacial score (nSPS) is 41.1. The van der Waals surface area contributed by atoms with Crippen molar-refractivity contribution < 1.29 is 64.2 Å². The van der Waals surface area contributed by atoms with E-state index in [2.05, 4.69) is 0 Å². The van der Waals surface area contributed by atoms with Gasteiger partial charge in [-0.25, -0.2) is 0 Å². The van der Waals surface area contributed by atoms with E-state index in [0.717, 1.165) is 0 Å². The first-order chi connectivity index (χ1) is 19.6. The van der Waals surface area contributed by atoms with E-state index in [1.54, 1.807) is 12.1 Å². The Morgan fingerprint density at radius 1 is 0.927 bits per heavy atom. The van der Waals surface area contributed by atoms with Crippen molar-refractivity contribution in [2.45, 2.75) is 67.8 Å². The molecule has 4 unspecified atom stereocenters. The highest BCUT2D eigenvalue weighted by Gasteiger charge is 2.55. The summed E-state index contributed by atoms with van der Waals surface area (Å²) in [5.41, 5.74) is 0.710. The third kappa shape index (κ3) is 6.03. The highest BCUT2D eigenvalue weighted by atomic mass is 16.7. The van der Waals surface area contributed by atoms with E-state index in [1.807, 2.05) is 0 Å². The van der Waals surface area contributed by atoms with Crippen molar-refractivity contribution >= 4 is 0 Å². The Kier molecular flexibility index (Phi) is 10.4. The van der Waals surface area contributed by atoms with Crippen LogP contribution in [0.1, 0.15) is 30.7 Å². The lowest BCUT2D eigenvalue weighted by atomic mass is 9.55. The van der Waals surface area contributed by atoms with E-state index in [9.17, 15) is 35.7 Å². The molecule has 13 nitrogen and oxygen atoms in total. The van der Waals surface area contributed by atoms with E-state index in [4.69, 9.17) is 28.4 Å². The van der Waals surface area contributed by atoms with Gasteiger partial charge in [0.15, 0.2) is 23.6 Å². The molecule has 3 fully saturated rings. The van der Waals surface area contributed by atoms with E-state index in [1.165, 1.54) is 28.4 Å². The molecule has 4 rings (SSSR count). The molecule has 2 saturated carbocycles. The first kappa shape index (κ1) is 32.1. The van der Waals surface area contributed by atoms with Gasteiger partial charge in [0.25, 0.3) is 0 Å². The van der Waals surface area contributed by atoms with Crippen LogP contribution in [0.5, 0.6) is 17.2 Å². The maximum Gasteiger partial charge on any atom is 0.200 e. The number of benzene rings is 1. The highest BCUT2D eigenvalue weighted by Crippen LogP contribution is 2.57. The number of phenolic OH excluding ortho intramolecular Hbond substituents is 1. The van der Waals surface area contributed by atoms with Crippen LogP contribution in [0.15, 0.2) is 12.1 Å². The Morgan fingerprint density at radius 2 is 1.59 bits per heavy atom. The molecule has 1 aromatic rings. The fraction of sp³-hybridized carbons (Fsp3) is 0.786. The molecule has 1 aliphatic heterocycles. The number of ether oxygens (including phenoxy) is 6. The molecule has 13 heteroatoms. The number of hydrogen-bond acceptors (Lipinski definition) is 13. The van der Waals surface area contributed by atoms with Crippen molar-refractivity contribution in [3.63, 3.8) is 0 Å². The zero-order chi connectivity index (χ0) is 30.1. The second-order valence-electron chi connectivity index (χ2n) is 11.3. The number of hydrogen-bond donors (Lipinski definition) is 7. The molecule has 234 valence electrons. The number of aromatic hydroxyl groups is 1. The number of methoxy groups -OCH3 is 4. The van der Waals surface area contributed by atoms with Crippen LogP contribution in [-0.4, -0.2) is 127 Å². The van der Waals surface area contributed by atoms with Gasteiger partial charge in [0.05, 0.1) is 27.4 Å². The van der Waals surface area contributed by atoms with Crippen LogP contribution < -0.4 is 9.47 Å². The van der Waals surface area contributed by atoms with Gasteiger partial charge in [0, 0.05) is 27.2 Å². The van der Waals surface area contributed by atoms with Gasteiger partial charge in [0.2, 0.25) is 5.75 Å². The van der Waals surface area contributed by atoms with E-state index in [-0.39, 0.29) is 54.6 Å². The topological polar surface area (TPSA) is 197 Å². The summed E-state index contributed by atoms with van der Waals surface area (Å²) in [6.45, 7) is -0.823. The number of aliphatic hydroxyl groups excluding tert-OH is 5. The van der Waals surface area contributed by atoms with Crippen molar-refractivity contribution in [2.24, 2.45) is 23.7 Å². The predicted molar refractivity (Wildman–Crippen MR) is 141 cm³/mol. The summed E-state index contributed by atoms with van der Waals surface area (Å²) in [7, 11) is 5.79. The van der Waals surface area contributed by atoms with Gasteiger partial charge in [-0.05, 0) is 60.1 Å². The first-order valence-electron chi connectivity index (χ1n) is 13.8. The Bertz CT molecular complexity index is 982. The minimum Gasteiger partial charge on any atom is -0.502 e. The van der Waals surface area contributed by atoms with Crippen LogP contribution in [0, 0.1) is 23.7 Å². The molecular weight excluding hydrogens is 544 g/mol. The molecule has 0 amide bonds. The maximum atomic E-state index is 11.4. The van der Waals surface area contributed by atoms with Crippen molar-refractivity contribution in [1.82, 2.24) is 0 Å². The third-order valence-electron chi connectivity index (χ3n) is 9.35. The van der Waals surface area contributed by atoms with Gasteiger partial charge in [-0.2, -0.15) is 0 Å². The van der Waals surface area contributed by atoms with Crippen molar-refractivity contribution in [1.29, 1.82) is 0 Å². The Labute approximate surface area is 239 Å². The average Bonchev–Trinajstić information content (AvgIpc) is 2.98. The lowest BCUT2D eigenvalue weighted by molar-refractivity contribution is -0.307. The second kappa shape index (κ2) is 13.2. The van der Waals surface area contributed by atoms with Crippen LogP contribution in [0.2, 0.25) is 0 Å². The van der Waals surface area contributed by atoms with Gasteiger partial charge < -0.3 is 64.2 Å². The lowest BCUT2D eigenvalue weighted by Crippen LogP contribution is -2.60. The van der Waals surface area contributed by atoms with E-state index < -0.39 is 61.0 Å². The molecule has 7 N–H and O–H groups in total. The summed E-state index contributed by atoms with van der Waals surface area (Å²) in [4.78, 5) is 0. The smallest absolute Gasteiger partial charge is 0.200 e. The monoisotopic (exact) mass is 588 g/mol. The largest absolute Gasteiger partial charge is 0.502 e. The number of fused-ring (bicyclic) bond motifs is 1. The van der Waals surface area contributed by atoms with Crippen molar-refractivity contribution in [3.05, 3.63) is 17.7 Å². The van der Waals surface area contributed by atoms with Crippen LogP contribution in [-0.2, 0) is 18.9 Å². The predicted octanol–water partition coefficient (Wildman–Crippen LogP) is -0.686. The Balaban J connectivity index is 1.74. The molecule has 0 bridgehead atoms. The zero-order valence-electron chi connectivity index (χ0n) is 23.8. The fourth-order valence-corrected chi connectivity index (χ4v) is 7.09. The average molecular weight is 589 g/mol. The summed E-state index contributed by atoms with van der Waals surface area (Å²) in [5.74, 6) is -2.65. The maximum absolute atomic E-state index is 11.4. The van der Waals surface area contributed by atoms with E-state index in [0.29, 0.717) is 18.4 Å². The molecule has 12 atom stereocenters. The zero-order valence-corrected chi connectivity index (χ0v) is 23.8. The van der Waals surface area contributed by atoms with Crippen LogP contribution in [0.25, 0.3) is 0 Å². The van der Waals surface area contributed by atoms with E-state index >= 15 is 0 Å². The molecule has 0 radical (unpaired) electrons. The lowest BCUT2D eigenvalue weighted by Gasteiger charge is -2.54. The quantitative estimate of drug-likeness (QED) is 0.170. The van der Waals surface area contributed by atoms with Crippen LogP contribution in [0.3, 0.4) is 0 Å². The summed E-state index contributed by atoms with van der Waals surface area (Å²) >= 11 is 0. The third-order valence-corrected chi connectivity index (χ3v) is 9.35. The Morgan fingerprint density at radius 3 is 2.12 bits per heavy atom. The molecule has 0 aromatic heterocycles. The molecule has 3 aliphatic rings. The number of aliphatic hydroxyl groups is 6. The summed E-state index contributed by atoms with van der Waals surface area (Å²) in [5, 5.41) is 73.1. The summed E-state index contributed by atoms with van der Waals surface area (Å²) in [6, 6.07) is 3.38. The molecule has 0 spiro atoms.